The van der Waals surface area contributed by atoms with Crippen molar-refractivity contribution in [3.05, 3.63) is 11.8 Å². The lowest BCUT2D eigenvalue weighted by Gasteiger charge is -2.14. The van der Waals surface area contributed by atoms with Crippen molar-refractivity contribution < 1.29 is 18.8 Å². The number of hydrogen-bond acceptors (Lipinski definition) is 5. The molecule has 0 N–H and O–H groups in total. The first-order chi connectivity index (χ1) is 10.1. The van der Waals surface area contributed by atoms with Gasteiger partial charge < -0.3 is 14.0 Å². The summed E-state index contributed by atoms with van der Waals surface area (Å²) < 4.78 is 15.6. The van der Waals surface area contributed by atoms with Crippen molar-refractivity contribution in [2.24, 2.45) is 5.92 Å². The van der Waals surface area contributed by atoms with Gasteiger partial charge in [0.15, 0.2) is 5.76 Å². The number of unbranched alkanes of at least 4 members (excludes halogenated alkanes) is 3. The van der Waals surface area contributed by atoms with Crippen molar-refractivity contribution in [1.29, 1.82) is 0 Å². The Kier molecular flexibility index (Phi) is 8.42. The van der Waals surface area contributed by atoms with Crippen LogP contribution in [0.5, 0.6) is 5.88 Å². The van der Waals surface area contributed by atoms with E-state index in [0.29, 0.717) is 18.2 Å². The maximum atomic E-state index is 11.8. The second-order valence-corrected chi connectivity index (χ2v) is 6.06. The number of methoxy groups -OCH3 is 1. The molecule has 0 amide bonds. The molecule has 0 radical (unpaired) electrons. The summed E-state index contributed by atoms with van der Waals surface area (Å²) in [5, 5.41) is 4.90. The van der Waals surface area contributed by atoms with E-state index in [1.165, 1.54) is 20.0 Å². The van der Waals surface area contributed by atoms with Gasteiger partial charge in [-0.25, -0.2) is 0 Å². The van der Waals surface area contributed by atoms with Gasteiger partial charge in [0, 0.05) is 11.4 Å². The first-order valence-electron chi connectivity index (χ1n) is 7.33. The van der Waals surface area contributed by atoms with E-state index >= 15 is 0 Å². The predicted molar refractivity (Wildman–Crippen MR) is 83.9 cm³/mol. The van der Waals surface area contributed by atoms with Gasteiger partial charge in [-0.05, 0) is 23.9 Å². The van der Waals surface area contributed by atoms with Crippen LogP contribution in [0.2, 0.25) is 0 Å². The minimum Gasteiger partial charge on any atom is -0.476 e. The van der Waals surface area contributed by atoms with Crippen molar-refractivity contribution in [2.75, 3.05) is 19.0 Å². The minimum atomic E-state index is -0.446. The van der Waals surface area contributed by atoms with Crippen molar-refractivity contribution in [3.63, 3.8) is 0 Å². The van der Waals surface area contributed by atoms with E-state index in [9.17, 15) is 4.79 Å². The van der Waals surface area contributed by atoms with Gasteiger partial charge >= 0.3 is 5.97 Å². The molecule has 0 bridgehead atoms. The molecule has 0 saturated heterocycles. The fourth-order valence-corrected chi connectivity index (χ4v) is 2.45. The van der Waals surface area contributed by atoms with E-state index < -0.39 is 5.92 Å². The molecule has 0 aliphatic carbocycles. The third-order valence-electron chi connectivity index (χ3n) is 3.21. The van der Waals surface area contributed by atoms with Crippen LogP contribution >= 0.6 is 15.9 Å². The standard InChI is InChI=1S/C15H24BrNO4/c1-11(2)14(15(18)19-3)12-10-13(17-21-12)20-9-7-5-4-6-8-16/h10-11,14H,4-9H2,1-3H3. The van der Waals surface area contributed by atoms with Crippen LogP contribution in [0.25, 0.3) is 0 Å². The molecule has 0 fully saturated rings. The Balaban J connectivity index is 2.46. The van der Waals surface area contributed by atoms with E-state index in [-0.39, 0.29) is 11.9 Å². The number of halogens is 1. The molecule has 1 atom stereocenters. The molecule has 120 valence electrons. The van der Waals surface area contributed by atoms with Crippen molar-refractivity contribution in [1.82, 2.24) is 5.16 Å². The number of rotatable bonds is 10. The summed E-state index contributed by atoms with van der Waals surface area (Å²) in [7, 11) is 1.37. The number of hydrogen-bond donors (Lipinski definition) is 0. The summed E-state index contributed by atoms with van der Waals surface area (Å²) in [6, 6.07) is 1.68. The molecule has 0 aliphatic heterocycles. The Morgan fingerprint density at radius 2 is 2.05 bits per heavy atom. The van der Waals surface area contributed by atoms with Crippen molar-refractivity contribution >= 4 is 21.9 Å². The molecule has 1 rings (SSSR count). The molecule has 5 nitrogen and oxygen atoms in total. The van der Waals surface area contributed by atoms with E-state index in [0.717, 1.165) is 18.2 Å². The molecule has 0 aromatic carbocycles. The third-order valence-corrected chi connectivity index (χ3v) is 3.77. The average Bonchev–Trinajstić information content (AvgIpc) is 2.90. The van der Waals surface area contributed by atoms with Crippen LogP contribution in [0.3, 0.4) is 0 Å². The first-order valence-corrected chi connectivity index (χ1v) is 8.45. The lowest BCUT2D eigenvalue weighted by Crippen LogP contribution is -2.19. The van der Waals surface area contributed by atoms with Gasteiger partial charge in [-0.15, -0.1) is 0 Å². The molecule has 0 aliphatic rings. The molecule has 0 spiro atoms. The maximum Gasteiger partial charge on any atom is 0.316 e. The fraction of sp³-hybridized carbons (Fsp3) is 0.733. The highest BCUT2D eigenvalue weighted by molar-refractivity contribution is 9.09. The van der Waals surface area contributed by atoms with Gasteiger partial charge in [0.2, 0.25) is 0 Å². The lowest BCUT2D eigenvalue weighted by molar-refractivity contribution is -0.144. The van der Waals surface area contributed by atoms with Crippen molar-refractivity contribution in [3.8, 4) is 5.88 Å². The summed E-state index contributed by atoms with van der Waals surface area (Å²) in [5.74, 6) is 0.231. The quantitative estimate of drug-likeness (QED) is 0.359. The van der Waals surface area contributed by atoms with Crippen molar-refractivity contribution in [2.45, 2.75) is 45.4 Å². The van der Waals surface area contributed by atoms with Crippen LogP contribution in [-0.2, 0) is 9.53 Å². The molecule has 1 unspecified atom stereocenters. The largest absolute Gasteiger partial charge is 0.476 e. The molecular formula is C15H24BrNO4. The summed E-state index contributed by atoms with van der Waals surface area (Å²) >= 11 is 3.41. The number of ether oxygens (including phenoxy) is 2. The predicted octanol–water partition coefficient (Wildman–Crippen LogP) is 3.92. The SMILES string of the molecule is COC(=O)C(c1cc(OCCCCCCBr)no1)C(C)C. The Morgan fingerprint density at radius 3 is 2.67 bits per heavy atom. The number of esters is 1. The third kappa shape index (κ3) is 6.08. The monoisotopic (exact) mass is 361 g/mol. The maximum absolute atomic E-state index is 11.8. The summed E-state index contributed by atoms with van der Waals surface area (Å²) in [6.45, 7) is 4.49. The topological polar surface area (TPSA) is 61.6 Å². The van der Waals surface area contributed by atoms with Crippen LogP contribution < -0.4 is 4.74 Å². The Labute approximate surface area is 134 Å². The number of carbonyl (C=O) groups is 1. The van der Waals surface area contributed by atoms with Crippen LogP contribution in [-0.4, -0.2) is 30.2 Å². The zero-order chi connectivity index (χ0) is 15.7. The van der Waals surface area contributed by atoms with Crippen LogP contribution in [0, 0.1) is 5.92 Å². The van der Waals surface area contributed by atoms with Gasteiger partial charge in [-0.2, -0.15) is 0 Å². The molecule has 1 aromatic rings. The molecule has 6 heteroatoms. The highest BCUT2D eigenvalue weighted by Crippen LogP contribution is 2.28. The Hall–Kier alpha value is -1.04. The molecular weight excluding hydrogens is 338 g/mol. The first kappa shape index (κ1) is 18.0. The van der Waals surface area contributed by atoms with E-state index in [1.807, 2.05) is 13.8 Å². The van der Waals surface area contributed by atoms with Gasteiger partial charge in [-0.3, -0.25) is 4.79 Å². The minimum absolute atomic E-state index is 0.0718. The Morgan fingerprint density at radius 1 is 1.33 bits per heavy atom. The molecule has 0 saturated carbocycles. The Bertz CT molecular complexity index is 420. The lowest BCUT2D eigenvalue weighted by atomic mass is 9.93. The molecule has 1 heterocycles. The van der Waals surface area contributed by atoms with E-state index in [4.69, 9.17) is 14.0 Å². The smallest absolute Gasteiger partial charge is 0.316 e. The summed E-state index contributed by atoms with van der Waals surface area (Å²) in [5.41, 5.74) is 0. The highest BCUT2D eigenvalue weighted by Gasteiger charge is 2.29. The van der Waals surface area contributed by atoms with Gasteiger partial charge in [0.05, 0.1) is 13.7 Å². The van der Waals surface area contributed by atoms with Crippen LogP contribution in [0.1, 0.15) is 51.2 Å². The second kappa shape index (κ2) is 9.82. The second-order valence-electron chi connectivity index (χ2n) is 5.26. The van der Waals surface area contributed by atoms with E-state index in [1.54, 1.807) is 6.07 Å². The normalized spacial score (nSPS) is 12.4. The van der Waals surface area contributed by atoms with E-state index in [2.05, 4.69) is 21.1 Å². The van der Waals surface area contributed by atoms with Gasteiger partial charge in [0.1, 0.15) is 5.92 Å². The zero-order valence-corrected chi connectivity index (χ0v) is 14.5. The summed E-state index contributed by atoms with van der Waals surface area (Å²) in [4.78, 5) is 11.8. The zero-order valence-electron chi connectivity index (χ0n) is 12.9. The number of nitrogens with zero attached hydrogens (tertiary/aromatic N) is 1. The van der Waals surface area contributed by atoms with Gasteiger partial charge in [-0.1, -0.05) is 42.6 Å². The van der Waals surface area contributed by atoms with Crippen LogP contribution in [0.4, 0.5) is 0 Å². The molecule has 1 aromatic heterocycles. The number of aromatic nitrogens is 1. The number of alkyl halides is 1. The summed E-state index contributed by atoms with van der Waals surface area (Å²) in [6.07, 6.45) is 4.49. The highest BCUT2D eigenvalue weighted by atomic mass is 79.9. The molecule has 21 heavy (non-hydrogen) atoms. The fourth-order valence-electron chi connectivity index (χ4n) is 2.06. The van der Waals surface area contributed by atoms with Crippen LogP contribution in [0.15, 0.2) is 10.6 Å². The number of carbonyl (C=O) groups excluding carboxylic acids is 1. The van der Waals surface area contributed by atoms with Gasteiger partial charge in [0.25, 0.3) is 5.88 Å². The average molecular weight is 362 g/mol.